The molecule has 5 heteroatoms. The van der Waals surface area contributed by atoms with Gasteiger partial charge < -0.3 is 16.5 Å². The lowest BCUT2D eigenvalue weighted by Crippen LogP contribution is -2.09. The van der Waals surface area contributed by atoms with Crippen LogP contribution in [-0.2, 0) is 11.2 Å². The highest BCUT2D eigenvalue weighted by atomic mass is 16.1. The number of nitrogens with two attached hydrogens (primary N) is 2. The predicted molar refractivity (Wildman–Crippen MR) is 206 cm³/mol. The maximum atomic E-state index is 14.0. The number of H-pyrrole nitrogens is 1. The minimum Gasteiger partial charge on any atom is -0.398 e. The molecular weight excluding hydrogens is 613 g/mol. The van der Waals surface area contributed by atoms with Gasteiger partial charge in [-0.2, -0.15) is 0 Å². The second-order valence-electron chi connectivity index (χ2n) is 12.3. The van der Waals surface area contributed by atoms with Gasteiger partial charge in [0.15, 0.2) is 5.78 Å². The summed E-state index contributed by atoms with van der Waals surface area (Å²) in [5.74, 6) is -0.0554. The molecule has 244 valence electrons. The number of rotatable bonds is 4. The molecule has 2 aliphatic rings. The number of benzene rings is 4. The quantitative estimate of drug-likeness (QED) is 0.181. The van der Waals surface area contributed by atoms with Crippen molar-refractivity contribution in [3.8, 4) is 0 Å². The summed E-state index contributed by atoms with van der Waals surface area (Å²) in [6.07, 6.45) is 11.5. The van der Waals surface area contributed by atoms with Gasteiger partial charge in [0.05, 0.1) is 12.1 Å². The van der Waals surface area contributed by atoms with E-state index in [0.717, 1.165) is 55.9 Å². The standard InChI is InChI=1S/C45H38N4O/c46-38-25-13-23-32(31-15-5-1-6-16-31)24-14-26-39(47)43(34-19-9-3-10-20-34)41-30-42(50)45(49-41)44(35-21-11-4-12-22-35)40-28-27-36(48-40)29-37(38)33-17-7-2-8-18-33/h1-22,24-28,48H,23,29-30,46-47H2/b25-13-,26-14-,32-24-,38-37+,43-39-,45-44-. The van der Waals surface area contributed by atoms with Gasteiger partial charge in [0.25, 0.3) is 0 Å². The second kappa shape index (κ2) is 14.8. The molecule has 1 aromatic heterocycles. The molecule has 7 rings (SSSR count). The van der Waals surface area contributed by atoms with Crippen molar-refractivity contribution in [2.45, 2.75) is 19.3 Å². The summed E-state index contributed by atoms with van der Waals surface area (Å²) < 4.78 is 0. The Morgan fingerprint density at radius 2 is 1.16 bits per heavy atom. The summed E-state index contributed by atoms with van der Waals surface area (Å²) in [6, 6.07) is 44.5. The van der Waals surface area contributed by atoms with Crippen LogP contribution in [0.1, 0.15) is 46.5 Å². The lowest BCUT2D eigenvalue weighted by Gasteiger charge is -2.11. The lowest BCUT2D eigenvalue weighted by molar-refractivity contribution is -0.114. The Morgan fingerprint density at radius 3 is 1.80 bits per heavy atom. The highest BCUT2D eigenvalue weighted by Gasteiger charge is 2.29. The van der Waals surface area contributed by atoms with Crippen molar-refractivity contribution >= 4 is 33.8 Å². The summed E-state index contributed by atoms with van der Waals surface area (Å²) in [6.45, 7) is 0. The van der Waals surface area contributed by atoms with E-state index in [1.165, 1.54) is 0 Å². The molecule has 5 N–H and O–H groups in total. The molecule has 0 amide bonds. The summed E-state index contributed by atoms with van der Waals surface area (Å²) in [7, 11) is 0. The third-order valence-electron chi connectivity index (χ3n) is 8.98. The van der Waals surface area contributed by atoms with Crippen molar-refractivity contribution < 1.29 is 4.79 Å². The average Bonchev–Trinajstić information content (AvgIpc) is 3.77. The fraction of sp³-hybridized carbons (Fsp3) is 0.0667. The van der Waals surface area contributed by atoms with Crippen LogP contribution in [-0.4, -0.2) is 16.5 Å². The van der Waals surface area contributed by atoms with Crippen molar-refractivity contribution in [2.75, 3.05) is 0 Å². The van der Waals surface area contributed by atoms with Gasteiger partial charge in [-0.1, -0.05) is 140 Å². The number of nitrogens with zero attached hydrogens (tertiary/aromatic N) is 1. The average molecular weight is 651 g/mol. The Hall–Kier alpha value is -6.46. The number of fused-ring (bicyclic) bond motifs is 3. The van der Waals surface area contributed by atoms with Crippen LogP contribution in [0.25, 0.3) is 22.3 Å². The molecular formula is C45H38N4O. The van der Waals surface area contributed by atoms with Crippen LogP contribution in [0.3, 0.4) is 0 Å². The fourth-order valence-electron chi connectivity index (χ4n) is 6.53. The number of ketones is 1. The van der Waals surface area contributed by atoms with Crippen LogP contribution in [0, 0.1) is 0 Å². The van der Waals surface area contributed by atoms with E-state index in [2.05, 4.69) is 47.5 Å². The summed E-state index contributed by atoms with van der Waals surface area (Å²) in [4.78, 5) is 22.7. The van der Waals surface area contributed by atoms with Crippen LogP contribution in [0.15, 0.2) is 186 Å². The first-order chi connectivity index (χ1) is 24.5. The lowest BCUT2D eigenvalue weighted by atomic mass is 9.95. The van der Waals surface area contributed by atoms with E-state index in [-0.39, 0.29) is 12.2 Å². The first kappa shape index (κ1) is 32.1. The van der Waals surface area contributed by atoms with E-state index in [4.69, 9.17) is 16.5 Å². The number of aliphatic imine (C=N–C) groups is 1. The zero-order chi connectivity index (χ0) is 34.3. The van der Waals surface area contributed by atoms with Gasteiger partial charge in [-0.05, 0) is 64.1 Å². The monoisotopic (exact) mass is 650 g/mol. The Bertz CT molecular complexity index is 2230. The summed E-state index contributed by atoms with van der Waals surface area (Å²) in [5, 5.41) is 0. The van der Waals surface area contributed by atoms with E-state index in [1.54, 1.807) is 0 Å². The number of Topliss-reactive ketones (excluding diaryl/α,β-unsaturated/α-hetero) is 1. The van der Waals surface area contributed by atoms with Crippen molar-refractivity contribution in [1.82, 2.24) is 4.98 Å². The van der Waals surface area contributed by atoms with Gasteiger partial charge in [-0.3, -0.25) is 4.79 Å². The maximum Gasteiger partial charge on any atom is 0.187 e. The van der Waals surface area contributed by atoms with Crippen molar-refractivity contribution in [1.29, 1.82) is 0 Å². The summed E-state index contributed by atoms with van der Waals surface area (Å²) in [5.41, 5.74) is 25.4. The molecule has 0 saturated heterocycles. The smallest absolute Gasteiger partial charge is 0.187 e. The second-order valence-corrected chi connectivity index (χ2v) is 12.3. The Kier molecular flexibility index (Phi) is 9.47. The van der Waals surface area contributed by atoms with E-state index >= 15 is 0 Å². The molecule has 5 nitrogen and oxygen atoms in total. The fourth-order valence-corrected chi connectivity index (χ4v) is 6.53. The molecule has 0 atom stereocenters. The molecule has 4 aromatic carbocycles. The van der Waals surface area contributed by atoms with E-state index in [0.29, 0.717) is 35.6 Å². The van der Waals surface area contributed by atoms with E-state index in [9.17, 15) is 4.79 Å². The van der Waals surface area contributed by atoms with Gasteiger partial charge in [0, 0.05) is 40.3 Å². The van der Waals surface area contributed by atoms with Gasteiger partial charge >= 0.3 is 0 Å². The molecule has 0 fully saturated rings. The SMILES string of the molecule is NC1=C(/c2ccccc2)C2=N/C(=C(/c3ccccc3)c3ccc([nH]3)C/C(c3ccccc3)=C(N)/C=C\C/C(c3ccccc3)=C/C=C\1)C(=O)C2. The number of hydrogen-bond donors (Lipinski definition) is 3. The minimum absolute atomic E-state index is 0.0554. The van der Waals surface area contributed by atoms with Crippen LogP contribution in [0.4, 0.5) is 0 Å². The third kappa shape index (κ3) is 7.03. The molecule has 4 bridgehead atoms. The number of carbonyl (C=O) groups excluding carboxylic acids is 1. The molecule has 0 aliphatic carbocycles. The van der Waals surface area contributed by atoms with Crippen LogP contribution in [0.5, 0.6) is 0 Å². The topological polar surface area (TPSA) is 97.3 Å². The Labute approximate surface area is 293 Å². The van der Waals surface area contributed by atoms with Crippen LogP contribution in [0.2, 0.25) is 0 Å². The number of nitrogens with one attached hydrogen (secondary N) is 1. The largest absolute Gasteiger partial charge is 0.398 e. The number of aromatic nitrogens is 1. The first-order valence-electron chi connectivity index (χ1n) is 16.8. The van der Waals surface area contributed by atoms with E-state index < -0.39 is 0 Å². The zero-order valence-electron chi connectivity index (χ0n) is 27.7. The van der Waals surface area contributed by atoms with Gasteiger partial charge in [0.2, 0.25) is 0 Å². The molecule has 5 aromatic rings. The number of carbonyl (C=O) groups is 1. The van der Waals surface area contributed by atoms with Crippen molar-refractivity contribution in [3.63, 3.8) is 0 Å². The highest BCUT2D eigenvalue weighted by molar-refractivity contribution is 6.35. The van der Waals surface area contributed by atoms with Crippen molar-refractivity contribution in [3.05, 3.63) is 215 Å². The van der Waals surface area contributed by atoms with Crippen molar-refractivity contribution in [2.24, 2.45) is 16.5 Å². The molecule has 2 aliphatic heterocycles. The highest BCUT2D eigenvalue weighted by Crippen LogP contribution is 2.35. The number of allylic oxidation sites excluding steroid dienone is 9. The third-order valence-corrected chi connectivity index (χ3v) is 8.98. The van der Waals surface area contributed by atoms with Gasteiger partial charge in [-0.25, -0.2) is 4.99 Å². The summed E-state index contributed by atoms with van der Waals surface area (Å²) >= 11 is 0. The van der Waals surface area contributed by atoms with Gasteiger partial charge in [0.1, 0.15) is 5.70 Å². The molecule has 0 radical (unpaired) electrons. The van der Waals surface area contributed by atoms with E-state index in [1.807, 2.05) is 121 Å². The zero-order valence-corrected chi connectivity index (χ0v) is 27.7. The molecule has 0 unspecified atom stereocenters. The Balaban J connectivity index is 1.46. The normalized spacial score (nSPS) is 22.4. The van der Waals surface area contributed by atoms with Crippen LogP contribution < -0.4 is 11.5 Å². The number of hydrogen-bond acceptors (Lipinski definition) is 4. The van der Waals surface area contributed by atoms with Crippen LogP contribution >= 0.6 is 0 Å². The first-order valence-corrected chi connectivity index (χ1v) is 16.8. The maximum absolute atomic E-state index is 14.0. The minimum atomic E-state index is -0.0554. The number of aromatic amines is 1. The molecule has 0 saturated carbocycles. The molecule has 50 heavy (non-hydrogen) atoms. The molecule has 0 spiro atoms. The predicted octanol–water partition coefficient (Wildman–Crippen LogP) is 9.07. The Morgan fingerprint density at radius 1 is 0.580 bits per heavy atom. The molecule has 3 heterocycles. The van der Waals surface area contributed by atoms with Gasteiger partial charge in [-0.15, -0.1) is 0 Å².